The molecule has 0 fully saturated rings. The molecule has 0 saturated heterocycles. The van der Waals surface area contributed by atoms with E-state index in [1.54, 1.807) is 24.3 Å². The molecule has 0 aliphatic rings. The van der Waals surface area contributed by atoms with Gasteiger partial charge in [0.05, 0.1) is 18.3 Å². The van der Waals surface area contributed by atoms with Crippen molar-refractivity contribution in [2.45, 2.75) is 103 Å². The van der Waals surface area contributed by atoms with Crippen molar-refractivity contribution in [3.8, 4) is 0 Å². The van der Waals surface area contributed by atoms with Crippen LogP contribution < -0.4 is 16.6 Å². The maximum atomic E-state index is 12.7. The number of carbonyl (C=O) groups excluding carboxylic acids is 3. The smallest absolute Gasteiger partial charge is 0.693 e. The number of aromatic amines is 1. The largest absolute Gasteiger partial charge is 0.693 e. The molecule has 326 valence electrons. The summed E-state index contributed by atoms with van der Waals surface area (Å²) in [5.74, 6) is -3.86. The molecule has 19 nitrogen and oxygen atoms in total. The summed E-state index contributed by atoms with van der Waals surface area (Å²) in [5.41, 5.74) is 7.00. The number of fused-ring (bicyclic) bond motifs is 1. The van der Waals surface area contributed by atoms with Gasteiger partial charge >= 0.3 is 53.2 Å². The fraction of sp³-hybridized carbons (Fsp3) is 0.500. The Labute approximate surface area is 352 Å². The Morgan fingerprint density at radius 1 is 0.828 bits per heavy atom. The molecule has 1 unspecified atom stereocenters. The van der Waals surface area contributed by atoms with Crippen LogP contribution in [0.4, 0.5) is 5.95 Å². The fourth-order valence-corrected chi connectivity index (χ4v) is 4.86. The molecular formula is C36H52Cl2N8O11Pt. The summed E-state index contributed by atoms with van der Waals surface area (Å²) in [6.07, 6.45) is 6.85. The second-order valence-electron chi connectivity index (χ2n) is 12.3. The first-order chi connectivity index (χ1) is 26.7. The molecule has 2 aromatic heterocycles. The number of unbranched alkanes of at least 4 members (excludes halogenated alkanes) is 2. The third-order valence-corrected chi connectivity index (χ3v) is 7.79. The van der Waals surface area contributed by atoms with Crippen molar-refractivity contribution in [1.29, 1.82) is 0 Å². The van der Waals surface area contributed by atoms with E-state index >= 15 is 0 Å². The fourth-order valence-electron chi connectivity index (χ4n) is 4.86. The number of benzene rings is 1. The number of aliphatic carboxylic acids is 3. The van der Waals surface area contributed by atoms with E-state index in [4.69, 9.17) is 39.5 Å². The third kappa shape index (κ3) is 25.1. The average Bonchev–Trinajstić information content (AvgIpc) is 3.15. The number of carboxylic acids is 3. The van der Waals surface area contributed by atoms with E-state index in [0.29, 0.717) is 51.0 Å². The molecule has 1 atom stereocenters. The second kappa shape index (κ2) is 32.6. The van der Waals surface area contributed by atoms with Crippen LogP contribution >= 0.6 is 18.8 Å². The van der Waals surface area contributed by atoms with Gasteiger partial charge in [-0.05, 0) is 56.2 Å². The number of nitrogen functional groups attached to an aromatic ring is 1. The number of carboxylic acid groups (broad SMARTS) is 3. The monoisotopic (exact) mass is 1040 g/mol. The second-order valence-corrected chi connectivity index (χ2v) is 15.6. The summed E-state index contributed by atoms with van der Waals surface area (Å²) in [6, 6.07) is 5.37. The number of anilines is 1. The molecule has 0 aliphatic heterocycles. The van der Waals surface area contributed by atoms with E-state index < -0.39 is 51.9 Å². The minimum Gasteiger partial charge on any atom is -0.693 e. The van der Waals surface area contributed by atoms with Gasteiger partial charge in [-0.25, -0.2) is 14.8 Å². The Morgan fingerprint density at radius 3 is 1.97 bits per heavy atom. The Kier molecular flexibility index (Phi) is 31.3. The first kappa shape index (κ1) is 55.7. The molecule has 0 radical (unpaired) electrons. The number of aryl methyl sites for hydroxylation is 2. The number of amides is 1. The molecule has 0 bridgehead atoms. The molecule has 0 aliphatic carbocycles. The van der Waals surface area contributed by atoms with Crippen molar-refractivity contribution in [3.63, 3.8) is 0 Å². The van der Waals surface area contributed by atoms with Crippen molar-refractivity contribution < 1.29 is 65.3 Å². The molecule has 11 N–H and O–H groups in total. The van der Waals surface area contributed by atoms with Crippen LogP contribution in [0.25, 0.3) is 23.5 Å². The molecule has 1 amide bonds. The van der Waals surface area contributed by atoms with Gasteiger partial charge in [0.1, 0.15) is 17.6 Å². The van der Waals surface area contributed by atoms with E-state index in [9.17, 15) is 38.7 Å². The Hall–Kier alpha value is -4.39. The minimum atomic E-state index is -1.25. The van der Waals surface area contributed by atoms with E-state index in [-0.39, 0.29) is 85.1 Å². The summed E-state index contributed by atoms with van der Waals surface area (Å²) in [6.45, 7) is 2.67. The zero-order valence-electron chi connectivity index (χ0n) is 32.0. The van der Waals surface area contributed by atoms with Crippen molar-refractivity contribution in [2.24, 2.45) is 0 Å². The number of rotatable bonds is 24. The molecule has 58 heavy (non-hydrogen) atoms. The number of Topliss-reactive ketones (excluding diaryl/α,β-unsaturated/α-hetero) is 2. The number of carbonyl (C=O) groups is 6. The Bertz CT molecular complexity index is 1790. The van der Waals surface area contributed by atoms with Gasteiger partial charge < -0.3 is 43.4 Å². The van der Waals surface area contributed by atoms with E-state index in [1.165, 1.54) is 6.20 Å². The average molecular weight is 1040 g/mol. The number of hydrogen-bond acceptors (Lipinski definition) is 12. The number of ketones is 2. The summed E-state index contributed by atoms with van der Waals surface area (Å²) in [4.78, 5) is 95.3. The van der Waals surface area contributed by atoms with Crippen LogP contribution in [0.5, 0.6) is 0 Å². The van der Waals surface area contributed by atoms with Crippen molar-refractivity contribution in [2.75, 3.05) is 18.9 Å². The van der Waals surface area contributed by atoms with Crippen LogP contribution in [0, 0.1) is 0 Å². The van der Waals surface area contributed by atoms with Gasteiger partial charge in [0, 0.05) is 50.9 Å². The number of halogens is 2. The number of ether oxygens (including phenoxy) is 1. The van der Waals surface area contributed by atoms with Crippen molar-refractivity contribution >= 4 is 71.3 Å². The Morgan fingerprint density at radius 2 is 1.41 bits per heavy atom. The molecular weight excluding hydrogens is 986 g/mol. The molecule has 2 heterocycles. The van der Waals surface area contributed by atoms with Gasteiger partial charge in [0.15, 0.2) is 11.2 Å². The molecule has 1 aromatic carbocycles. The minimum absolute atomic E-state index is 0. The normalized spacial score (nSPS) is 10.7. The van der Waals surface area contributed by atoms with Crippen LogP contribution in [0.15, 0.2) is 35.3 Å². The van der Waals surface area contributed by atoms with E-state index in [2.05, 4.69) is 32.2 Å². The van der Waals surface area contributed by atoms with Crippen molar-refractivity contribution in [3.05, 3.63) is 69.9 Å². The number of hydrogen-bond donors (Lipinski definition) is 6. The SMILES string of the molecule is CCCCCC(=O)O.Nc1nc2ncc(CCc3ccc(C(=O)NC(CCC(=O)CCCOCCCC(=O)CCC(=O)O)C(=O)O)cc3)nc2c(=O)[nH]1.[Cl][Pt+2][Cl].[NH2-].[NH2-]. The molecule has 3 aromatic rings. The molecule has 0 spiro atoms. The Balaban J connectivity index is 0. The van der Waals surface area contributed by atoms with Crippen LogP contribution in [-0.2, 0) is 58.0 Å². The summed E-state index contributed by atoms with van der Waals surface area (Å²) in [5, 5.41) is 28.7. The van der Waals surface area contributed by atoms with Gasteiger partial charge in [-0.15, -0.1) is 0 Å². The number of nitrogens with two attached hydrogens (primary N) is 3. The van der Waals surface area contributed by atoms with E-state index in [0.717, 1.165) is 24.8 Å². The number of H-pyrrole nitrogens is 1. The van der Waals surface area contributed by atoms with Crippen LogP contribution in [-0.4, -0.2) is 89.9 Å². The number of nitrogens with one attached hydrogen (secondary N) is 2. The molecule has 0 saturated carbocycles. The van der Waals surface area contributed by atoms with Crippen LogP contribution in [0.3, 0.4) is 0 Å². The first-order valence-electron chi connectivity index (χ1n) is 17.7. The van der Waals surface area contributed by atoms with Gasteiger partial charge in [-0.2, -0.15) is 4.98 Å². The number of aromatic nitrogens is 4. The van der Waals surface area contributed by atoms with Gasteiger partial charge in [0.2, 0.25) is 5.95 Å². The summed E-state index contributed by atoms with van der Waals surface area (Å²) < 4.78 is 5.40. The van der Waals surface area contributed by atoms with E-state index in [1.807, 2.05) is 0 Å². The summed E-state index contributed by atoms with van der Waals surface area (Å²) in [7, 11) is 9.75. The van der Waals surface area contributed by atoms with Gasteiger partial charge in [-0.1, -0.05) is 31.9 Å². The quantitative estimate of drug-likeness (QED) is 0.0553. The summed E-state index contributed by atoms with van der Waals surface area (Å²) >= 11 is -0.472. The predicted molar refractivity (Wildman–Crippen MR) is 215 cm³/mol. The van der Waals surface area contributed by atoms with Crippen LogP contribution in [0.1, 0.15) is 106 Å². The van der Waals surface area contributed by atoms with Gasteiger partial charge in [-0.3, -0.25) is 33.8 Å². The van der Waals surface area contributed by atoms with Gasteiger partial charge in [0.25, 0.3) is 11.5 Å². The maximum Gasteiger partial charge on any atom is -0.693 e. The standard InChI is InChI=1S/C30H36N6O9.C6H12O2.2ClH.2H2N.Pt/c31-30-35-26-25(28(42)36-30)33-20(17-32-26)10-7-18-5-8-19(9-6-18)27(41)34-23(29(43)44)13-11-21(37)3-1-15-45-16-2-4-22(38)12-14-24(39)40;1-2-3-4-5-6(7)8;;;;;/h5-6,8-9,17,23H,1-4,7,10-16H2,(H,34,41)(H,39,40)(H,43,44)(H3,31,32,35,36,42);2-5H2,1H3,(H,7,8);2*1H;2*1H2;/q;;;;2*-1;+4/p-2. The third-order valence-electron chi connectivity index (χ3n) is 7.79. The molecule has 22 heteroatoms. The van der Waals surface area contributed by atoms with Crippen LogP contribution in [0.2, 0.25) is 0 Å². The zero-order chi connectivity index (χ0) is 41.9. The maximum absolute atomic E-state index is 12.7. The topological polar surface area (TPSA) is 349 Å². The predicted octanol–water partition coefficient (Wildman–Crippen LogP) is 6.09. The molecule has 3 rings (SSSR count). The number of nitrogens with zero attached hydrogens (tertiary/aromatic N) is 3. The zero-order valence-corrected chi connectivity index (χ0v) is 35.8. The van der Waals surface area contributed by atoms with Crippen molar-refractivity contribution in [1.82, 2.24) is 25.3 Å². The first-order valence-corrected chi connectivity index (χ1v) is 23.3.